The van der Waals surface area contributed by atoms with Gasteiger partial charge < -0.3 is 14.8 Å². The van der Waals surface area contributed by atoms with Gasteiger partial charge in [0.15, 0.2) is 0 Å². The second kappa shape index (κ2) is 10.2. The summed E-state index contributed by atoms with van der Waals surface area (Å²) in [5.41, 5.74) is 1.37. The Bertz CT molecular complexity index is 1210. The van der Waals surface area contributed by atoms with Crippen LogP contribution in [0.2, 0.25) is 5.02 Å². The number of hydrogen-bond acceptors (Lipinski definition) is 6. The summed E-state index contributed by atoms with van der Waals surface area (Å²) in [6, 6.07) is 18.8. The van der Waals surface area contributed by atoms with Crippen LogP contribution < -0.4 is 19.7 Å². The van der Waals surface area contributed by atoms with Crippen molar-refractivity contribution >= 4 is 52.5 Å². The second-order valence-electron chi connectivity index (χ2n) is 7.37. The molecule has 0 aromatic heterocycles. The van der Waals surface area contributed by atoms with Gasteiger partial charge in [-0.05, 0) is 60.7 Å². The van der Waals surface area contributed by atoms with E-state index in [4.69, 9.17) is 21.1 Å². The number of ether oxygens (including phenoxy) is 2. The molecule has 1 aliphatic rings. The van der Waals surface area contributed by atoms with E-state index >= 15 is 0 Å². The third-order valence-corrected chi connectivity index (χ3v) is 6.68. The molecule has 1 N–H and O–H groups in total. The smallest absolute Gasteiger partial charge is 0.263 e. The van der Waals surface area contributed by atoms with Crippen molar-refractivity contribution in [2.75, 3.05) is 24.4 Å². The summed E-state index contributed by atoms with van der Waals surface area (Å²) in [7, 11) is 2.97. The van der Waals surface area contributed by atoms with Gasteiger partial charge >= 0.3 is 0 Å². The van der Waals surface area contributed by atoms with Crippen LogP contribution >= 0.6 is 23.4 Å². The molecule has 34 heavy (non-hydrogen) atoms. The minimum absolute atomic E-state index is 0.109. The van der Waals surface area contributed by atoms with Crippen LogP contribution in [0.3, 0.4) is 0 Å². The third-order valence-electron chi connectivity index (χ3n) is 5.24. The summed E-state index contributed by atoms with van der Waals surface area (Å²) in [5.74, 6) is -0.0836. The van der Waals surface area contributed by atoms with Gasteiger partial charge in [-0.2, -0.15) is 0 Å². The topological polar surface area (TPSA) is 84.9 Å². The molecule has 1 aliphatic heterocycles. The molecule has 1 atom stereocenters. The molecule has 1 heterocycles. The minimum atomic E-state index is -0.526. The number of hydrogen-bond donors (Lipinski definition) is 1. The maximum Gasteiger partial charge on any atom is 0.263 e. The number of nitrogens with one attached hydrogen (secondary N) is 1. The van der Waals surface area contributed by atoms with Crippen LogP contribution in [0.25, 0.3) is 0 Å². The number of anilines is 2. The molecule has 0 saturated carbocycles. The molecule has 1 unspecified atom stereocenters. The maximum atomic E-state index is 12.9. The fraction of sp³-hybridized carbons (Fsp3) is 0.160. The fourth-order valence-electron chi connectivity index (χ4n) is 3.61. The summed E-state index contributed by atoms with van der Waals surface area (Å²) < 4.78 is 10.6. The number of halogens is 1. The van der Waals surface area contributed by atoms with Gasteiger partial charge in [-0.15, -0.1) is 11.8 Å². The van der Waals surface area contributed by atoms with E-state index < -0.39 is 5.25 Å². The molecule has 7 nitrogen and oxygen atoms in total. The lowest BCUT2D eigenvalue weighted by Gasteiger charge is -2.15. The van der Waals surface area contributed by atoms with Gasteiger partial charge in [-0.1, -0.05) is 17.7 Å². The molecule has 0 radical (unpaired) electrons. The molecule has 0 bridgehead atoms. The van der Waals surface area contributed by atoms with Crippen molar-refractivity contribution in [3.8, 4) is 11.5 Å². The number of imide groups is 1. The number of carbonyl (C=O) groups excluding carboxylic acids is 3. The van der Waals surface area contributed by atoms with Gasteiger partial charge in [0.1, 0.15) is 17.1 Å². The summed E-state index contributed by atoms with van der Waals surface area (Å²) >= 11 is 7.22. The Morgan fingerprint density at radius 1 is 0.971 bits per heavy atom. The predicted molar refractivity (Wildman–Crippen MR) is 132 cm³/mol. The van der Waals surface area contributed by atoms with Gasteiger partial charge in [0.05, 0.1) is 25.2 Å². The van der Waals surface area contributed by atoms with E-state index in [-0.39, 0.29) is 24.1 Å². The summed E-state index contributed by atoms with van der Waals surface area (Å²) in [4.78, 5) is 40.2. The molecule has 3 aromatic carbocycles. The maximum absolute atomic E-state index is 12.9. The Morgan fingerprint density at radius 3 is 2.18 bits per heavy atom. The van der Waals surface area contributed by atoms with Crippen molar-refractivity contribution in [2.45, 2.75) is 16.6 Å². The van der Waals surface area contributed by atoms with Crippen LogP contribution in [0.5, 0.6) is 11.5 Å². The molecule has 4 rings (SSSR count). The van der Waals surface area contributed by atoms with Gasteiger partial charge in [0.25, 0.3) is 5.91 Å². The number of nitrogens with zero attached hydrogens (tertiary/aromatic N) is 1. The van der Waals surface area contributed by atoms with Gasteiger partial charge in [-0.3, -0.25) is 14.4 Å². The largest absolute Gasteiger partial charge is 0.496 e. The van der Waals surface area contributed by atoms with Crippen LogP contribution in [-0.2, 0) is 9.59 Å². The first kappa shape index (κ1) is 23.7. The molecule has 0 spiro atoms. The zero-order valence-electron chi connectivity index (χ0n) is 18.4. The van der Waals surface area contributed by atoms with Crippen molar-refractivity contribution in [1.29, 1.82) is 0 Å². The predicted octanol–water partition coefficient (Wildman–Crippen LogP) is 5.03. The van der Waals surface area contributed by atoms with Crippen molar-refractivity contribution in [3.63, 3.8) is 0 Å². The molecule has 1 fully saturated rings. The minimum Gasteiger partial charge on any atom is -0.496 e. The summed E-state index contributed by atoms with van der Waals surface area (Å²) in [6.45, 7) is 0. The number of amides is 3. The number of carbonyl (C=O) groups is 3. The highest BCUT2D eigenvalue weighted by Gasteiger charge is 2.40. The Balaban J connectivity index is 1.44. The van der Waals surface area contributed by atoms with Crippen LogP contribution in [0.1, 0.15) is 16.8 Å². The first-order valence-electron chi connectivity index (χ1n) is 10.3. The van der Waals surface area contributed by atoms with Crippen molar-refractivity contribution in [2.24, 2.45) is 0 Å². The summed E-state index contributed by atoms with van der Waals surface area (Å²) in [5, 5.41) is 2.84. The average molecular weight is 497 g/mol. The fourth-order valence-corrected chi connectivity index (χ4v) is 4.79. The number of rotatable bonds is 7. The van der Waals surface area contributed by atoms with Crippen molar-refractivity contribution in [1.82, 2.24) is 0 Å². The lowest BCUT2D eigenvalue weighted by Crippen LogP contribution is -2.31. The standard InChI is InChI=1S/C25H21ClN2O5S/c1-32-19-4-3-5-20(33-2)23(19)24(30)27-16-8-12-18(13-9-16)34-21-14-22(29)28(25(21)31)17-10-6-15(26)7-11-17/h3-13,21H,14H2,1-2H3,(H,27,30). The highest BCUT2D eigenvalue weighted by Crippen LogP contribution is 2.35. The lowest BCUT2D eigenvalue weighted by atomic mass is 10.1. The van der Waals surface area contributed by atoms with Gasteiger partial charge in [0, 0.05) is 22.0 Å². The third kappa shape index (κ3) is 4.88. The van der Waals surface area contributed by atoms with E-state index in [0.29, 0.717) is 33.5 Å². The molecule has 1 saturated heterocycles. The van der Waals surface area contributed by atoms with Crippen LogP contribution in [-0.4, -0.2) is 37.2 Å². The lowest BCUT2D eigenvalue weighted by molar-refractivity contribution is -0.121. The molecule has 174 valence electrons. The Kier molecular flexibility index (Phi) is 7.09. The Labute approximate surface area is 206 Å². The highest BCUT2D eigenvalue weighted by atomic mass is 35.5. The van der Waals surface area contributed by atoms with Gasteiger partial charge in [0.2, 0.25) is 11.8 Å². The SMILES string of the molecule is COc1cccc(OC)c1C(=O)Nc1ccc(SC2CC(=O)N(c3ccc(Cl)cc3)C2=O)cc1. The van der Waals surface area contributed by atoms with Crippen LogP contribution in [0.15, 0.2) is 71.6 Å². The Hall–Kier alpha value is -3.49. The number of methoxy groups -OCH3 is 2. The van der Waals surface area contributed by atoms with Crippen molar-refractivity contribution in [3.05, 3.63) is 77.3 Å². The van der Waals surface area contributed by atoms with Gasteiger partial charge in [-0.25, -0.2) is 4.90 Å². The highest BCUT2D eigenvalue weighted by molar-refractivity contribution is 8.00. The molecular weight excluding hydrogens is 476 g/mol. The van der Waals surface area contributed by atoms with E-state index in [2.05, 4.69) is 5.32 Å². The number of thioether (sulfide) groups is 1. The molecule has 3 aromatic rings. The van der Waals surface area contributed by atoms with E-state index in [1.165, 1.54) is 30.9 Å². The van der Waals surface area contributed by atoms with Crippen LogP contribution in [0, 0.1) is 0 Å². The Morgan fingerprint density at radius 2 is 1.59 bits per heavy atom. The average Bonchev–Trinajstić information content (AvgIpc) is 3.12. The zero-order chi connectivity index (χ0) is 24.2. The molecule has 3 amide bonds. The quantitative estimate of drug-likeness (QED) is 0.461. The van der Waals surface area contributed by atoms with E-state index in [1.807, 2.05) is 0 Å². The first-order chi connectivity index (χ1) is 16.4. The normalized spacial score (nSPS) is 15.4. The summed E-state index contributed by atoms with van der Waals surface area (Å²) in [6.07, 6.45) is 0.109. The van der Waals surface area contributed by atoms with E-state index in [1.54, 1.807) is 66.7 Å². The van der Waals surface area contributed by atoms with E-state index in [0.717, 1.165) is 4.90 Å². The molecule has 9 heteroatoms. The van der Waals surface area contributed by atoms with E-state index in [9.17, 15) is 14.4 Å². The monoisotopic (exact) mass is 496 g/mol. The second-order valence-corrected chi connectivity index (χ2v) is 9.08. The van der Waals surface area contributed by atoms with Crippen LogP contribution in [0.4, 0.5) is 11.4 Å². The zero-order valence-corrected chi connectivity index (χ0v) is 20.0. The first-order valence-corrected chi connectivity index (χ1v) is 11.6. The van der Waals surface area contributed by atoms with Crippen molar-refractivity contribution < 1.29 is 23.9 Å². The number of benzene rings is 3. The molecular formula is C25H21ClN2O5S. The molecule has 0 aliphatic carbocycles.